The summed E-state index contributed by atoms with van der Waals surface area (Å²) in [5.74, 6) is 2.11. The van der Waals surface area contributed by atoms with Crippen LogP contribution in [-0.2, 0) is 0 Å². The molecule has 3 heterocycles. The number of hydrogen-bond acceptors (Lipinski definition) is 6. The minimum Gasteiger partial charge on any atom is -0.497 e. The van der Waals surface area contributed by atoms with Gasteiger partial charge in [-0.1, -0.05) is 29.4 Å². The lowest BCUT2D eigenvalue weighted by Crippen LogP contribution is -2.29. The predicted octanol–water partition coefficient (Wildman–Crippen LogP) is 6.67. The minimum atomic E-state index is -0.307. The van der Waals surface area contributed by atoms with Crippen LogP contribution in [-0.4, -0.2) is 24.3 Å². The highest BCUT2D eigenvalue weighted by Gasteiger charge is 2.43. The zero-order valence-electron chi connectivity index (χ0n) is 19.0. The first-order chi connectivity index (χ1) is 17.1. The molecule has 0 aliphatic carbocycles. The number of anilines is 1. The molecule has 9 heteroatoms. The first-order valence-electron chi connectivity index (χ1n) is 10.8. The van der Waals surface area contributed by atoms with Gasteiger partial charge in [0.15, 0.2) is 10.2 Å². The fourth-order valence-corrected chi connectivity index (χ4v) is 5.30. The summed E-state index contributed by atoms with van der Waals surface area (Å²) in [7, 11) is 3.27. The van der Waals surface area contributed by atoms with Gasteiger partial charge in [-0.05, 0) is 72.9 Å². The molecule has 0 unspecified atom stereocenters. The van der Waals surface area contributed by atoms with Crippen LogP contribution in [0.3, 0.4) is 0 Å². The normalized spacial score (nSPS) is 17.3. The molecule has 2 aromatic heterocycles. The van der Waals surface area contributed by atoms with Crippen molar-refractivity contribution in [3.63, 3.8) is 0 Å². The van der Waals surface area contributed by atoms with Crippen molar-refractivity contribution in [1.82, 2.24) is 10.3 Å². The van der Waals surface area contributed by atoms with Crippen LogP contribution >= 0.6 is 35.6 Å². The average molecular weight is 524 g/mol. The van der Waals surface area contributed by atoms with E-state index >= 15 is 0 Å². The average Bonchev–Trinajstić information content (AvgIpc) is 3.49. The lowest BCUT2D eigenvalue weighted by molar-refractivity contribution is 0.379. The number of pyridine rings is 1. The van der Waals surface area contributed by atoms with Crippen LogP contribution in [0, 0.1) is 0 Å². The number of furan rings is 1. The van der Waals surface area contributed by atoms with E-state index in [0.29, 0.717) is 21.6 Å². The van der Waals surface area contributed by atoms with Gasteiger partial charge < -0.3 is 24.1 Å². The molecule has 0 bridgehead atoms. The highest BCUT2D eigenvalue weighted by atomic mass is 35.5. The molecule has 0 spiro atoms. The van der Waals surface area contributed by atoms with Crippen molar-refractivity contribution >= 4 is 46.4 Å². The van der Waals surface area contributed by atoms with Crippen molar-refractivity contribution in [1.29, 1.82) is 0 Å². The summed E-state index contributed by atoms with van der Waals surface area (Å²) in [6.45, 7) is 0. The van der Waals surface area contributed by atoms with Crippen molar-refractivity contribution in [3.8, 4) is 11.5 Å². The first kappa shape index (κ1) is 23.5. The Bertz CT molecular complexity index is 1330. The monoisotopic (exact) mass is 523 g/mol. The number of halogens is 1. The second-order valence-corrected chi connectivity index (χ2v) is 9.65. The van der Waals surface area contributed by atoms with Gasteiger partial charge in [-0.3, -0.25) is 4.98 Å². The van der Waals surface area contributed by atoms with Gasteiger partial charge in [0.2, 0.25) is 0 Å². The third-order valence-electron chi connectivity index (χ3n) is 5.67. The molecule has 1 saturated heterocycles. The minimum absolute atomic E-state index is 0.237. The van der Waals surface area contributed by atoms with Gasteiger partial charge in [-0.2, -0.15) is 0 Å². The van der Waals surface area contributed by atoms with E-state index in [4.69, 9.17) is 37.7 Å². The summed E-state index contributed by atoms with van der Waals surface area (Å²) in [5, 5.41) is 5.44. The maximum Gasteiger partial charge on any atom is 0.174 e. The Morgan fingerprint density at radius 2 is 1.86 bits per heavy atom. The van der Waals surface area contributed by atoms with Crippen LogP contribution in [0.2, 0.25) is 5.02 Å². The fraction of sp³-hybridized carbons (Fsp3) is 0.154. The number of benzene rings is 2. The molecule has 5 rings (SSSR count). The van der Waals surface area contributed by atoms with Gasteiger partial charge in [0, 0.05) is 22.2 Å². The van der Waals surface area contributed by atoms with E-state index in [-0.39, 0.29) is 12.1 Å². The summed E-state index contributed by atoms with van der Waals surface area (Å²) in [6.07, 6.45) is 1.77. The number of methoxy groups -OCH3 is 2. The molecule has 4 aromatic rings. The van der Waals surface area contributed by atoms with Crippen molar-refractivity contribution in [2.45, 2.75) is 22.1 Å². The summed E-state index contributed by atoms with van der Waals surface area (Å²) in [5.41, 5.74) is 1.63. The maximum atomic E-state index is 6.37. The number of nitrogens with zero attached hydrogens (tertiary/aromatic N) is 2. The van der Waals surface area contributed by atoms with Gasteiger partial charge in [0.25, 0.3) is 0 Å². The number of ether oxygens (including phenoxy) is 2. The Morgan fingerprint density at radius 3 is 2.57 bits per heavy atom. The van der Waals surface area contributed by atoms with Crippen molar-refractivity contribution in [2.75, 3.05) is 19.1 Å². The molecule has 0 amide bonds. The van der Waals surface area contributed by atoms with Crippen molar-refractivity contribution in [2.24, 2.45) is 0 Å². The number of hydrogen-bond donors (Lipinski definition) is 1. The molecule has 1 aliphatic rings. The molecule has 35 heavy (non-hydrogen) atoms. The smallest absolute Gasteiger partial charge is 0.174 e. The zero-order valence-corrected chi connectivity index (χ0v) is 21.4. The SMILES string of the molecule is COc1ccc(OC)c(N2C(=S)N[C@@H](c3ccccn3)[C@@H]2c2ccc(Sc3ccc(Cl)cc3)o2)c1. The van der Waals surface area contributed by atoms with E-state index in [1.54, 1.807) is 20.4 Å². The Kier molecular flexibility index (Phi) is 6.86. The van der Waals surface area contributed by atoms with Gasteiger partial charge in [-0.25, -0.2) is 0 Å². The molecule has 0 radical (unpaired) electrons. The Balaban J connectivity index is 1.57. The summed E-state index contributed by atoms with van der Waals surface area (Å²) in [6, 6.07) is 22.5. The van der Waals surface area contributed by atoms with Gasteiger partial charge in [-0.15, -0.1) is 0 Å². The third-order valence-corrected chi connectivity index (χ3v) is 7.16. The highest BCUT2D eigenvalue weighted by Crippen LogP contribution is 2.46. The Morgan fingerprint density at radius 1 is 1.03 bits per heavy atom. The molecular weight excluding hydrogens is 502 g/mol. The van der Waals surface area contributed by atoms with E-state index in [1.165, 1.54) is 11.8 Å². The van der Waals surface area contributed by atoms with Gasteiger partial charge >= 0.3 is 0 Å². The first-order valence-corrected chi connectivity index (χ1v) is 12.4. The molecule has 2 atom stereocenters. The summed E-state index contributed by atoms with van der Waals surface area (Å²) in [4.78, 5) is 7.63. The van der Waals surface area contributed by atoms with Crippen LogP contribution in [0.1, 0.15) is 23.5 Å². The van der Waals surface area contributed by atoms with Crippen molar-refractivity contribution < 1.29 is 13.9 Å². The Hall–Kier alpha value is -3.20. The van der Waals surface area contributed by atoms with E-state index in [9.17, 15) is 0 Å². The molecule has 0 saturated carbocycles. The van der Waals surface area contributed by atoms with Crippen molar-refractivity contribution in [3.05, 3.63) is 95.5 Å². The zero-order chi connectivity index (χ0) is 24.4. The highest BCUT2D eigenvalue weighted by molar-refractivity contribution is 7.99. The lowest BCUT2D eigenvalue weighted by atomic mass is 10.0. The summed E-state index contributed by atoms with van der Waals surface area (Å²) < 4.78 is 17.5. The quantitative estimate of drug-likeness (QED) is 0.269. The molecule has 6 nitrogen and oxygen atoms in total. The van der Waals surface area contributed by atoms with Crippen LogP contribution in [0.25, 0.3) is 0 Å². The van der Waals surface area contributed by atoms with Crippen LogP contribution in [0.4, 0.5) is 5.69 Å². The van der Waals surface area contributed by atoms with Gasteiger partial charge in [0.1, 0.15) is 23.3 Å². The van der Waals surface area contributed by atoms with E-state index < -0.39 is 0 Å². The number of rotatable bonds is 7. The van der Waals surface area contributed by atoms with Crippen LogP contribution in [0.15, 0.2) is 93.4 Å². The van der Waals surface area contributed by atoms with E-state index in [2.05, 4.69) is 10.3 Å². The number of aromatic nitrogens is 1. The second kappa shape index (κ2) is 10.2. The molecule has 2 aromatic carbocycles. The second-order valence-electron chi connectivity index (χ2n) is 7.75. The fourth-order valence-electron chi connectivity index (χ4n) is 4.06. The van der Waals surface area contributed by atoms with Crippen LogP contribution in [0.5, 0.6) is 11.5 Å². The molecular formula is C26H22ClN3O3S2. The molecule has 1 aliphatic heterocycles. The van der Waals surface area contributed by atoms with Gasteiger partial charge in [0.05, 0.1) is 31.6 Å². The Labute approximate surface area is 218 Å². The topological polar surface area (TPSA) is 59.8 Å². The van der Waals surface area contributed by atoms with E-state index in [0.717, 1.165) is 27.1 Å². The summed E-state index contributed by atoms with van der Waals surface area (Å²) >= 11 is 13.4. The lowest BCUT2D eigenvalue weighted by Gasteiger charge is -2.27. The predicted molar refractivity (Wildman–Crippen MR) is 142 cm³/mol. The third kappa shape index (κ3) is 4.82. The standard InChI is InChI=1S/C26H22ClN3O3S2/c1-31-17-8-11-21(32-2)20(15-17)30-25(24(29-26(30)34)19-5-3-4-14-28-19)22-12-13-23(33-22)35-18-9-6-16(27)7-10-18/h3-15,24-25H,1-2H3,(H,29,34)/t24-,25-/m0/s1. The van der Waals surface area contributed by atoms with Crippen LogP contribution < -0.4 is 19.7 Å². The molecule has 1 N–H and O–H groups in total. The maximum absolute atomic E-state index is 6.37. The largest absolute Gasteiger partial charge is 0.497 e. The molecule has 1 fully saturated rings. The number of thiocarbonyl (C=S) groups is 1. The number of nitrogens with one attached hydrogen (secondary N) is 1. The van der Waals surface area contributed by atoms with E-state index in [1.807, 2.05) is 77.7 Å². The molecule has 178 valence electrons.